The molecule has 0 saturated carbocycles. The molecule has 2 rings (SSSR count). The second-order valence-electron chi connectivity index (χ2n) is 5.48. The Hall–Kier alpha value is -2.48. The molecule has 0 fully saturated rings. The van der Waals surface area contributed by atoms with Gasteiger partial charge in [0.1, 0.15) is 24.7 Å². The standard InChI is InChI=1S/C20H22O2/c1-15(2)13-21-19-11-7-5-9-17(19)18-10-6-8-12-20(18)22-14-16(3)4/h5-12H,1,3,13-14H2,2,4H3. The number of hydrogen-bond acceptors (Lipinski definition) is 2. The van der Waals surface area contributed by atoms with E-state index >= 15 is 0 Å². The van der Waals surface area contributed by atoms with Gasteiger partial charge in [-0.3, -0.25) is 0 Å². The summed E-state index contributed by atoms with van der Waals surface area (Å²) in [4.78, 5) is 0. The Labute approximate surface area is 132 Å². The number of hydrogen-bond donors (Lipinski definition) is 0. The average Bonchev–Trinajstić information content (AvgIpc) is 2.51. The topological polar surface area (TPSA) is 18.5 Å². The van der Waals surface area contributed by atoms with Crippen LogP contribution in [0.1, 0.15) is 13.8 Å². The quantitative estimate of drug-likeness (QED) is 0.648. The van der Waals surface area contributed by atoms with Crippen LogP contribution < -0.4 is 9.47 Å². The largest absolute Gasteiger partial charge is 0.489 e. The fraction of sp³-hybridized carbons (Fsp3) is 0.200. The molecule has 114 valence electrons. The Morgan fingerprint density at radius 3 is 1.45 bits per heavy atom. The van der Waals surface area contributed by atoms with Gasteiger partial charge in [-0.1, -0.05) is 49.6 Å². The van der Waals surface area contributed by atoms with Crippen molar-refractivity contribution in [2.45, 2.75) is 13.8 Å². The third-order valence-corrected chi connectivity index (χ3v) is 3.01. The first-order valence-electron chi connectivity index (χ1n) is 7.30. The van der Waals surface area contributed by atoms with Crippen LogP contribution in [-0.2, 0) is 0 Å². The second kappa shape index (κ2) is 7.51. The van der Waals surface area contributed by atoms with Gasteiger partial charge in [-0.15, -0.1) is 0 Å². The third-order valence-electron chi connectivity index (χ3n) is 3.01. The van der Waals surface area contributed by atoms with Crippen LogP contribution >= 0.6 is 0 Å². The van der Waals surface area contributed by atoms with Gasteiger partial charge in [0.25, 0.3) is 0 Å². The van der Waals surface area contributed by atoms with Crippen molar-refractivity contribution in [3.05, 3.63) is 72.8 Å². The van der Waals surface area contributed by atoms with E-state index in [2.05, 4.69) is 13.2 Å². The van der Waals surface area contributed by atoms with E-state index in [1.54, 1.807) is 0 Å². The molecular weight excluding hydrogens is 272 g/mol. The molecule has 0 spiro atoms. The van der Waals surface area contributed by atoms with Crippen molar-refractivity contribution in [3.8, 4) is 22.6 Å². The molecule has 0 amide bonds. The van der Waals surface area contributed by atoms with Gasteiger partial charge in [-0.2, -0.15) is 0 Å². The molecule has 0 heterocycles. The van der Waals surface area contributed by atoms with Gasteiger partial charge in [0, 0.05) is 11.1 Å². The zero-order chi connectivity index (χ0) is 15.9. The summed E-state index contributed by atoms with van der Waals surface area (Å²) in [6, 6.07) is 15.9. The molecule has 22 heavy (non-hydrogen) atoms. The Morgan fingerprint density at radius 1 is 0.727 bits per heavy atom. The highest BCUT2D eigenvalue weighted by Crippen LogP contribution is 2.36. The molecular formula is C20H22O2. The maximum atomic E-state index is 5.86. The van der Waals surface area contributed by atoms with Gasteiger partial charge in [-0.05, 0) is 37.1 Å². The van der Waals surface area contributed by atoms with E-state index in [1.165, 1.54) is 0 Å². The van der Waals surface area contributed by atoms with Gasteiger partial charge >= 0.3 is 0 Å². The smallest absolute Gasteiger partial charge is 0.127 e. The molecule has 0 saturated heterocycles. The van der Waals surface area contributed by atoms with E-state index in [1.807, 2.05) is 62.4 Å². The molecule has 2 aromatic carbocycles. The maximum absolute atomic E-state index is 5.86. The van der Waals surface area contributed by atoms with Crippen LogP contribution in [0.25, 0.3) is 11.1 Å². The Bertz CT molecular complexity index is 611. The van der Waals surface area contributed by atoms with Crippen LogP contribution in [0.3, 0.4) is 0 Å². The van der Waals surface area contributed by atoms with E-state index in [9.17, 15) is 0 Å². The van der Waals surface area contributed by atoms with Crippen LogP contribution in [0.15, 0.2) is 72.8 Å². The van der Waals surface area contributed by atoms with Crippen molar-refractivity contribution in [1.82, 2.24) is 0 Å². The molecule has 0 unspecified atom stereocenters. The monoisotopic (exact) mass is 294 g/mol. The first-order valence-corrected chi connectivity index (χ1v) is 7.30. The summed E-state index contributed by atoms with van der Waals surface area (Å²) in [5, 5.41) is 0. The number of para-hydroxylation sites is 2. The minimum Gasteiger partial charge on any atom is -0.489 e. The van der Waals surface area contributed by atoms with Gasteiger partial charge in [-0.25, -0.2) is 0 Å². The highest BCUT2D eigenvalue weighted by molar-refractivity contribution is 5.75. The summed E-state index contributed by atoms with van der Waals surface area (Å²) in [6.07, 6.45) is 0. The van der Waals surface area contributed by atoms with Gasteiger partial charge < -0.3 is 9.47 Å². The van der Waals surface area contributed by atoms with Crippen LogP contribution in [0, 0.1) is 0 Å². The van der Waals surface area contributed by atoms with Crippen molar-refractivity contribution in [2.24, 2.45) is 0 Å². The molecule has 0 bridgehead atoms. The molecule has 0 N–H and O–H groups in total. The van der Waals surface area contributed by atoms with Crippen LogP contribution in [0.2, 0.25) is 0 Å². The molecule has 0 aliphatic rings. The summed E-state index contributed by atoms with van der Waals surface area (Å²) in [7, 11) is 0. The number of ether oxygens (including phenoxy) is 2. The predicted molar refractivity (Wildman–Crippen MR) is 92.5 cm³/mol. The minimum absolute atomic E-state index is 0.506. The van der Waals surface area contributed by atoms with Crippen molar-refractivity contribution < 1.29 is 9.47 Å². The molecule has 2 aromatic rings. The van der Waals surface area contributed by atoms with E-state index in [-0.39, 0.29) is 0 Å². The normalized spacial score (nSPS) is 10.1. The van der Waals surface area contributed by atoms with Crippen molar-refractivity contribution in [2.75, 3.05) is 13.2 Å². The highest BCUT2D eigenvalue weighted by Gasteiger charge is 2.11. The summed E-state index contributed by atoms with van der Waals surface area (Å²) in [5.74, 6) is 1.66. The van der Waals surface area contributed by atoms with Crippen LogP contribution in [0.4, 0.5) is 0 Å². The van der Waals surface area contributed by atoms with Crippen LogP contribution in [-0.4, -0.2) is 13.2 Å². The fourth-order valence-electron chi connectivity index (χ4n) is 2.03. The predicted octanol–water partition coefficient (Wildman–Crippen LogP) is 5.26. The van der Waals surface area contributed by atoms with E-state index in [0.717, 1.165) is 33.8 Å². The maximum Gasteiger partial charge on any atom is 0.127 e. The minimum atomic E-state index is 0.506. The van der Waals surface area contributed by atoms with Gasteiger partial charge in [0.2, 0.25) is 0 Å². The SMILES string of the molecule is C=C(C)COc1ccccc1-c1ccccc1OCC(=C)C. The van der Waals surface area contributed by atoms with Crippen molar-refractivity contribution in [1.29, 1.82) is 0 Å². The first kappa shape index (κ1) is 15.9. The second-order valence-corrected chi connectivity index (χ2v) is 5.48. The lowest BCUT2D eigenvalue weighted by molar-refractivity contribution is 0.349. The van der Waals surface area contributed by atoms with Crippen LogP contribution in [0.5, 0.6) is 11.5 Å². The lowest BCUT2D eigenvalue weighted by Gasteiger charge is -2.15. The summed E-state index contributed by atoms with van der Waals surface area (Å²) < 4.78 is 11.7. The molecule has 2 nitrogen and oxygen atoms in total. The molecule has 0 radical (unpaired) electrons. The Balaban J connectivity index is 2.35. The molecule has 0 aromatic heterocycles. The molecule has 0 atom stereocenters. The lowest BCUT2D eigenvalue weighted by Crippen LogP contribution is -2.01. The number of rotatable bonds is 7. The molecule has 0 aliphatic heterocycles. The zero-order valence-corrected chi connectivity index (χ0v) is 13.3. The molecule has 2 heteroatoms. The number of benzene rings is 2. The third kappa shape index (κ3) is 4.26. The van der Waals surface area contributed by atoms with E-state index in [0.29, 0.717) is 13.2 Å². The fourth-order valence-corrected chi connectivity index (χ4v) is 2.03. The Kier molecular flexibility index (Phi) is 5.42. The zero-order valence-electron chi connectivity index (χ0n) is 13.3. The molecule has 0 aliphatic carbocycles. The summed E-state index contributed by atoms with van der Waals surface area (Å²) >= 11 is 0. The van der Waals surface area contributed by atoms with Gasteiger partial charge in [0.15, 0.2) is 0 Å². The van der Waals surface area contributed by atoms with Gasteiger partial charge in [0.05, 0.1) is 0 Å². The van der Waals surface area contributed by atoms with E-state index < -0.39 is 0 Å². The lowest BCUT2D eigenvalue weighted by atomic mass is 10.0. The highest BCUT2D eigenvalue weighted by atomic mass is 16.5. The van der Waals surface area contributed by atoms with Crippen molar-refractivity contribution in [3.63, 3.8) is 0 Å². The Morgan fingerprint density at radius 2 is 1.09 bits per heavy atom. The first-order chi connectivity index (χ1) is 10.6. The summed E-state index contributed by atoms with van der Waals surface area (Å²) in [5.41, 5.74) is 4.00. The van der Waals surface area contributed by atoms with E-state index in [4.69, 9.17) is 9.47 Å². The average molecular weight is 294 g/mol. The van der Waals surface area contributed by atoms with Crippen molar-refractivity contribution >= 4 is 0 Å². The summed E-state index contributed by atoms with van der Waals surface area (Å²) in [6.45, 7) is 12.7.